The Balaban J connectivity index is 1.09. The Morgan fingerprint density at radius 2 is 1.75 bits per heavy atom. The van der Waals surface area contributed by atoms with Gasteiger partial charge in [-0.05, 0) is 81.5 Å². The lowest BCUT2D eigenvalue weighted by Crippen LogP contribution is -2.45. The van der Waals surface area contributed by atoms with Crippen molar-refractivity contribution in [3.05, 3.63) is 62.2 Å². The number of hydrogen-bond donors (Lipinski definition) is 3. The van der Waals surface area contributed by atoms with E-state index in [0.29, 0.717) is 74.0 Å². The van der Waals surface area contributed by atoms with Crippen LogP contribution < -0.4 is 16.2 Å². The maximum Gasteiger partial charge on any atom is 0.343 e. The predicted octanol–water partition coefficient (Wildman–Crippen LogP) is 5.17. The van der Waals surface area contributed by atoms with Crippen LogP contribution in [0, 0.1) is 24.6 Å². The molecule has 2 amide bonds. The highest BCUT2D eigenvalue weighted by atomic mass is 19.1. The van der Waals surface area contributed by atoms with E-state index in [2.05, 4.69) is 10.6 Å². The van der Waals surface area contributed by atoms with Gasteiger partial charge in [-0.2, -0.15) is 0 Å². The van der Waals surface area contributed by atoms with Crippen molar-refractivity contribution in [1.82, 2.24) is 20.2 Å². The lowest BCUT2D eigenvalue weighted by Gasteiger charge is -2.31. The van der Waals surface area contributed by atoms with Crippen LogP contribution in [0.5, 0.6) is 0 Å². The number of carbonyl (C=O) groups is 6. The third-order valence-corrected chi connectivity index (χ3v) is 11.6. The number of nitrogens with one attached hydrogen (secondary N) is 2. The number of aliphatic hydroxyl groups is 1. The van der Waals surface area contributed by atoms with Crippen molar-refractivity contribution in [1.29, 1.82) is 0 Å². The highest BCUT2D eigenvalue weighted by molar-refractivity contribution is 5.93. The molecule has 0 radical (unpaired) electrons. The van der Waals surface area contributed by atoms with E-state index < -0.39 is 35.3 Å². The van der Waals surface area contributed by atoms with Crippen molar-refractivity contribution in [3.63, 3.8) is 0 Å². The Morgan fingerprint density at radius 1 is 1.02 bits per heavy atom. The van der Waals surface area contributed by atoms with Crippen LogP contribution in [-0.2, 0) is 63.4 Å². The highest BCUT2D eigenvalue weighted by Crippen LogP contribution is 2.39. The Hall–Kier alpha value is -5.15. The number of hydrogen-bond acceptors (Lipinski definition) is 11. The zero-order valence-corrected chi connectivity index (χ0v) is 35.5. The second kappa shape index (κ2) is 19.9. The zero-order chi connectivity index (χ0) is 43.9. The summed E-state index contributed by atoms with van der Waals surface area (Å²) in [6, 6.07) is 4.13. The Kier molecular flexibility index (Phi) is 15.3. The monoisotopic (exact) mass is 832 g/mol. The van der Waals surface area contributed by atoms with Crippen LogP contribution in [0.1, 0.15) is 127 Å². The van der Waals surface area contributed by atoms with Crippen LogP contribution in [0.3, 0.4) is 0 Å². The summed E-state index contributed by atoms with van der Waals surface area (Å²) in [5, 5.41) is 17.3. The van der Waals surface area contributed by atoms with Crippen molar-refractivity contribution in [2.24, 2.45) is 11.8 Å². The number of aryl methyl sites for hydroxylation is 1. The van der Waals surface area contributed by atoms with Crippen molar-refractivity contribution in [2.45, 2.75) is 137 Å². The van der Waals surface area contributed by atoms with E-state index in [1.807, 2.05) is 6.07 Å². The first-order valence-electron chi connectivity index (χ1n) is 20.9. The first kappa shape index (κ1) is 45.9. The number of aromatic nitrogens is 2. The number of unbranched alkanes of at least 4 members (excludes halogenated alkanes) is 2. The van der Waals surface area contributed by atoms with Crippen molar-refractivity contribution >= 4 is 46.0 Å². The van der Waals surface area contributed by atoms with Gasteiger partial charge in [0.2, 0.25) is 11.8 Å². The number of halogens is 1. The summed E-state index contributed by atoms with van der Waals surface area (Å²) in [6.45, 7) is 10.3. The molecular formula is C45H57FN4O10. The quantitative estimate of drug-likeness (QED) is 0.0536. The topological polar surface area (TPSA) is 200 Å². The molecule has 3 N–H and O–H groups in total. The Bertz CT molecular complexity index is 2230. The average Bonchev–Trinajstić information content (AvgIpc) is 3.56. The van der Waals surface area contributed by atoms with Gasteiger partial charge in [0.1, 0.15) is 30.7 Å². The highest BCUT2D eigenvalue weighted by Gasteiger charge is 2.45. The number of ether oxygens (including phenoxy) is 2. The first-order chi connectivity index (χ1) is 28.5. The van der Waals surface area contributed by atoms with Crippen LogP contribution in [0.4, 0.5) is 4.39 Å². The maximum atomic E-state index is 15.3. The first-order valence-corrected chi connectivity index (χ1v) is 20.9. The van der Waals surface area contributed by atoms with Crippen molar-refractivity contribution in [2.75, 3.05) is 13.3 Å². The summed E-state index contributed by atoms with van der Waals surface area (Å²) in [5.41, 5.74) is 1.53. The molecule has 0 bridgehead atoms. The fraction of sp³-hybridized carbons (Fsp3) is 0.556. The Morgan fingerprint density at radius 3 is 2.45 bits per heavy atom. The molecule has 0 fully saturated rings. The van der Waals surface area contributed by atoms with E-state index in [-0.39, 0.29) is 91.4 Å². The molecule has 0 aliphatic carbocycles. The molecule has 2 aliphatic rings. The molecule has 5 rings (SSSR count). The molecule has 4 heterocycles. The zero-order valence-electron chi connectivity index (χ0n) is 35.5. The van der Waals surface area contributed by atoms with Crippen molar-refractivity contribution in [3.8, 4) is 11.4 Å². The normalized spacial score (nSPS) is 16.4. The number of cyclic esters (lactones) is 1. The number of amides is 2. The van der Waals surface area contributed by atoms with E-state index in [9.17, 15) is 38.7 Å². The molecule has 60 heavy (non-hydrogen) atoms. The minimum absolute atomic E-state index is 0.0253. The van der Waals surface area contributed by atoms with E-state index in [0.717, 1.165) is 16.5 Å². The van der Waals surface area contributed by atoms with Crippen LogP contribution in [0.2, 0.25) is 0 Å². The van der Waals surface area contributed by atoms with Gasteiger partial charge in [-0.15, -0.1) is 0 Å². The van der Waals surface area contributed by atoms with Gasteiger partial charge in [0, 0.05) is 67.2 Å². The number of benzene rings is 1. The lowest BCUT2D eigenvalue weighted by atomic mass is 9.86. The van der Waals surface area contributed by atoms with Crippen LogP contribution in [0.15, 0.2) is 23.0 Å². The second-order valence-electron chi connectivity index (χ2n) is 16.5. The molecule has 0 spiro atoms. The number of rotatable bonds is 22. The number of nitrogens with zero attached hydrogens (tertiary/aromatic N) is 2. The molecular weight excluding hydrogens is 776 g/mol. The van der Waals surface area contributed by atoms with Crippen LogP contribution in [-0.4, -0.2) is 69.2 Å². The molecule has 15 heteroatoms. The summed E-state index contributed by atoms with van der Waals surface area (Å²) in [7, 11) is 0. The van der Waals surface area contributed by atoms with Crippen LogP contribution >= 0.6 is 0 Å². The lowest BCUT2D eigenvalue weighted by molar-refractivity contribution is -0.172. The molecule has 3 aromatic rings. The largest absolute Gasteiger partial charge is 0.458 e. The maximum absolute atomic E-state index is 15.3. The second-order valence-corrected chi connectivity index (χ2v) is 16.5. The predicted molar refractivity (Wildman–Crippen MR) is 220 cm³/mol. The summed E-state index contributed by atoms with van der Waals surface area (Å²) in [6.07, 6.45) is 3.68. The van der Waals surface area contributed by atoms with Gasteiger partial charge in [-0.3, -0.25) is 24.0 Å². The molecule has 1 aromatic carbocycles. The van der Waals surface area contributed by atoms with Gasteiger partial charge in [-0.25, -0.2) is 14.2 Å². The Labute approximate surface area is 349 Å². The van der Waals surface area contributed by atoms with Gasteiger partial charge >= 0.3 is 5.97 Å². The fourth-order valence-electron chi connectivity index (χ4n) is 7.92. The minimum atomic E-state index is -1.95. The summed E-state index contributed by atoms with van der Waals surface area (Å²) in [5.74, 6) is -3.17. The minimum Gasteiger partial charge on any atom is -0.458 e. The molecule has 324 valence electrons. The third kappa shape index (κ3) is 10.4. The number of esters is 1. The van der Waals surface area contributed by atoms with Gasteiger partial charge in [0.25, 0.3) is 5.56 Å². The number of ketones is 3. The molecule has 2 aromatic heterocycles. The molecule has 0 saturated carbocycles. The summed E-state index contributed by atoms with van der Waals surface area (Å²) >= 11 is 0. The number of carbonyl (C=O) groups excluding carboxylic acids is 6. The van der Waals surface area contributed by atoms with Crippen LogP contribution in [0.25, 0.3) is 22.3 Å². The van der Waals surface area contributed by atoms with E-state index in [1.165, 1.54) is 13.0 Å². The molecule has 0 unspecified atom stereocenters. The van der Waals surface area contributed by atoms with Gasteiger partial charge in [0.05, 0.1) is 35.1 Å². The van der Waals surface area contributed by atoms with E-state index >= 15 is 4.39 Å². The van der Waals surface area contributed by atoms with Crippen molar-refractivity contribution < 1.29 is 47.7 Å². The fourth-order valence-corrected chi connectivity index (χ4v) is 7.92. The summed E-state index contributed by atoms with van der Waals surface area (Å²) < 4.78 is 27.7. The number of Topliss-reactive ketones (excluding diaryl/α,β-unsaturated/α-hetero) is 3. The molecule has 14 nitrogen and oxygen atoms in total. The molecule has 0 saturated heterocycles. The third-order valence-electron chi connectivity index (χ3n) is 11.6. The van der Waals surface area contributed by atoms with E-state index in [1.54, 1.807) is 45.3 Å². The standard InChI is InChI=1S/C45H57FN4O10/c1-7-45(58)34-20-37-41-29(22-50(37)43(56)33(34)23-60-44(45)57)19-32-31(28(6)35(46)21-36(32)48-41)14-10-11-17-59-24-47-42(55)26(4)18-38(53)40(25(2)3)49-39(54)16-15-30(52)13-9-8-12-27(5)51/h19-21,25-26,40,58H,7-18,22-24H2,1-6H3,(H,47,55)(H,49,54)/t26-,40+,45+/m1/s1. The summed E-state index contributed by atoms with van der Waals surface area (Å²) in [4.78, 5) is 92.6. The number of pyridine rings is 2. The average molecular weight is 833 g/mol. The SMILES string of the molecule is CC[C@@]1(O)C(=O)OCc2c1cc1n(c2=O)Cc2cc3c(CCCCOCNC(=O)[C@H](C)CC(=O)[C@@H](NC(=O)CCC(=O)CCCCC(C)=O)C(C)C)c(C)c(F)cc3nc2-1. The molecule has 2 aliphatic heterocycles. The van der Waals surface area contributed by atoms with Gasteiger partial charge in [0.15, 0.2) is 11.4 Å². The van der Waals surface area contributed by atoms with Gasteiger partial charge in [-0.1, -0.05) is 27.7 Å². The molecule has 3 atom stereocenters. The van der Waals surface area contributed by atoms with Gasteiger partial charge < -0.3 is 34.6 Å². The smallest absolute Gasteiger partial charge is 0.343 e. The van der Waals surface area contributed by atoms with E-state index in [4.69, 9.17) is 14.5 Å². The number of fused-ring (bicyclic) bond motifs is 5.